The molecule has 3 rings (SSSR count). The predicted octanol–water partition coefficient (Wildman–Crippen LogP) is 4.88. The van der Waals surface area contributed by atoms with E-state index < -0.39 is 11.9 Å². The number of esters is 2. The summed E-state index contributed by atoms with van der Waals surface area (Å²) < 4.78 is 21.7. The van der Waals surface area contributed by atoms with Crippen molar-refractivity contribution < 1.29 is 28.5 Å². The first-order valence-corrected chi connectivity index (χ1v) is 11.6. The van der Waals surface area contributed by atoms with Crippen LogP contribution >= 0.6 is 0 Å². The van der Waals surface area contributed by atoms with Crippen molar-refractivity contribution in [3.63, 3.8) is 0 Å². The Morgan fingerprint density at radius 2 is 1.36 bits per heavy atom. The second-order valence-electron chi connectivity index (χ2n) is 7.87. The molecule has 188 valence electrons. The number of nitrogens with two attached hydrogens (primary N) is 2. The monoisotopic (exact) mass is 490 g/mol. The van der Waals surface area contributed by atoms with E-state index in [9.17, 15) is 9.59 Å². The maximum absolute atomic E-state index is 12.1. The second kappa shape index (κ2) is 13.4. The number of nitrogen functional groups attached to an aromatic ring is 2. The maximum atomic E-state index is 12.1. The standard InChI is InChI=1S/C28H30N2O6/c1-2-3-14-33-25-9-11-26(12-10-25)36-27(31)13-6-20-4-7-24(8-5-20)34-15-16-35-28(32)21-17-22(29)19-23(30)18-21/h4-13,17-19H,2-3,14-16,29-30H2,1H3. The molecule has 0 amide bonds. The van der Waals surface area contributed by atoms with Crippen molar-refractivity contribution >= 4 is 29.4 Å². The van der Waals surface area contributed by atoms with Gasteiger partial charge in [-0.25, -0.2) is 9.59 Å². The molecule has 0 fully saturated rings. The molecular weight excluding hydrogens is 460 g/mol. The first-order valence-electron chi connectivity index (χ1n) is 11.6. The van der Waals surface area contributed by atoms with Crippen LogP contribution in [-0.4, -0.2) is 31.8 Å². The van der Waals surface area contributed by atoms with Gasteiger partial charge in [0, 0.05) is 17.5 Å². The molecule has 36 heavy (non-hydrogen) atoms. The van der Waals surface area contributed by atoms with Crippen molar-refractivity contribution in [1.29, 1.82) is 0 Å². The SMILES string of the molecule is CCCCOc1ccc(OC(=O)C=Cc2ccc(OCCOC(=O)c3cc(N)cc(N)c3)cc2)cc1. The minimum absolute atomic E-state index is 0.0624. The Bertz CT molecular complexity index is 1150. The summed E-state index contributed by atoms with van der Waals surface area (Å²) in [4.78, 5) is 24.2. The lowest BCUT2D eigenvalue weighted by Crippen LogP contribution is -2.13. The zero-order valence-corrected chi connectivity index (χ0v) is 20.1. The second-order valence-corrected chi connectivity index (χ2v) is 7.87. The summed E-state index contributed by atoms with van der Waals surface area (Å²) in [7, 11) is 0. The van der Waals surface area contributed by atoms with Gasteiger partial charge in [-0.1, -0.05) is 25.5 Å². The van der Waals surface area contributed by atoms with Crippen LogP contribution in [0.25, 0.3) is 6.08 Å². The van der Waals surface area contributed by atoms with Gasteiger partial charge in [0.15, 0.2) is 0 Å². The summed E-state index contributed by atoms with van der Waals surface area (Å²) >= 11 is 0. The fourth-order valence-electron chi connectivity index (χ4n) is 3.10. The third kappa shape index (κ3) is 8.72. The van der Waals surface area contributed by atoms with E-state index in [1.807, 2.05) is 0 Å². The van der Waals surface area contributed by atoms with Gasteiger partial charge < -0.3 is 30.4 Å². The number of benzene rings is 3. The zero-order valence-electron chi connectivity index (χ0n) is 20.1. The third-order valence-electron chi connectivity index (χ3n) is 4.90. The summed E-state index contributed by atoms with van der Waals surface area (Å²) in [6.45, 7) is 3.00. The Hall–Kier alpha value is -4.46. The highest BCUT2D eigenvalue weighted by Crippen LogP contribution is 2.19. The fourth-order valence-corrected chi connectivity index (χ4v) is 3.10. The van der Waals surface area contributed by atoms with E-state index in [-0.39, 0.29) is 18.8 Å². The highest BCUT2D eigenvalue weighted by atomic mass is 16.6. The van der Waals surface area contributed by atoms with E-state index >= 15 is 0 Å². The number of ether oxygens (including phenoxy) is 4. The molecule has 8 heteroatoms. The Kier molecular flexibility index (Phi) is 9.76. The quantitative estimate of drug-likeness (QED) is 0.121. The first kappa shape index (κ1) is 26.2. The molecule has 0 atom stereocenters. The van der Waals surface area contributed by atoms with Gasteiger partial charge in [-0.2, -0.15) is 0 Å². The van der Waals surface area contributed by atoms with E-state index in [1.54, 1.807) is 60.7 Å². The first-order chi connectivity index (χ1) is 17.4. The summed E-state index contributed by atoms with van der Waals surface area (Å²) in [6.07, 6.45) is 5.06. The smallest absolute Gasteiger partial charge is 0.338 e. The van der Waals surface area contributed by atoms with Crippen LogP contribution in [-0.2, 0) is 9.53 Å². The number of hydrogen-bond donors (Lipinski definition) is 2. The van der Waals surface area contributed by atoms with Gasteiger partial charge in [-0.3, -0.25) is 0 Å². The lowest BCUT2D eigenvalue weighted by Gasteiger charge is -2.08. The molecule has 0 radical (unpaired) electrons. The summed E-state index contributed by atoms with van der Waals surface area (Å²) in [6, 6.07) is 18.6. The van der Waals surface area contributed by atoms with Crippen molar-refractivity contribution in [2.75, 3.05) is 31.3 Å². The van der Waals surface area contributed by atoms with Crippen LogP contribution in [0.2, 0.25) is 0 Å². The van der Waals surface area contributed by atoms with Crippen LogP contribution in [0.3, 0.4) is 0 Å². The van der Waals surface area contributed by atoms with Gasteiger partial charge in [-0.05, 0) is 72.7 Å². The highest BCUT2D eigenvalue weighted by Gasteiger charge is 2.09. The third-order valence-corrected chi connectivity index (χ3v) is 4.90. The predicted molar refractivity (Wildman–Crippen MR) is 139 cm³/mol. The molecule has 3 aromatic carbocycles. The van der Waals surface area contributed by atoms with Crippen molar-refractivity contribution in [3.8, 4) is 17.2 Å². The van der Waals surface area contributed by atoms with Crippen LogP contribution < -0.4 is 25.7 Å². The Labute approximate surface area is 210 Å². The number of rotatable bonds is 12. The molecule has 0 aromatic heterocycles. The Morgan fingerprint density at radius 3 is 2.00 bits per heavy atom. The van der Waals surface area contributed by atoms with Gasteiger partial charge in [0.2, 0.25) is 0 Å². The molecule has 0 aliphatic heterocycles. The van der Waals surface area contributed by atoms with E-state index in [4.69, 9.17) is 30.4 Å². The van der Waals surface area contributed by atoms with Crippen molar-refractivity contribution in [2.45, 2.75) is 19.8 Å². The topological polar surface area (TPSA) is 123 Å². The lowest BCUT2D eigenvalue weighted by molar-refractivity contribution is -0.128. The minimum atomic E-state index is -0.527. The average molecular weight is 491 g/mol. The van der Waals surface area contributed by atoms with Crippen LogP contribution in [0.4, 0.5) is 11.4 Å². The minimum Gasteiger partial charge on any atom is -0.494 e. The van der Waals surface area contributed by atoms with Crippen LogP contribution in [0.5, 0.6) is 17.2 Å². The van der Waals surface area contributed by atoms with E-state index in [0.717, 1.165) is 24.2 Å². The largest absolute Gasteiger partial charge is 0.494 e. The van der Waals surface area contributed by atoms with E-state index in [1.165, 1.54) is 18.2 Å². The summed E-state index contributed by atoms with van der Waals surface area (Å²) in [5.74, 6) is 0.766. The van der Waals surface area contributed by atoms with E-state index in [2.05, 4.69) is 6.92 Å². The van der Waals surface area contributed by atoms with Crippen molar-refractivity contribution in [2.24, 2.45) is 0 Å². The summed E-state index contributed by atoms with van der Waals surface area (Å²) in [5, 5.41) is 0. The normalized spacial score (nSPS) is 10.7. The maximum Gasteiger partial charge on any atom is 0.338 e. The van der Waals surface area contributed by atoms with Crippen molar-refractivity contribution in [1.82, 2.24) is 0 Å². The molecule has 0 saturated heterocycles. The van der Waals surface area contributed by atoms with Gasteiger partial charge in [0.1, 0.15) is 30.5 Å². The van der Waals surface area contributed by atoms with Crippen LogP contribution in [0, 0.1) is 0 Å². The molecule has 0 spiro atoms. The molecule has 0 aliphatic rings. The van der Waals surface area contributed by atoms with Gasteiger partial charge >= 0.3 is 11.9 Å². The Morgan fingerprint density at radius 1 is 0.778 bits per heavy atom. The van der Waals surface area contributed by atoms with Crippen LogP contribution in [0.15, 0.2) is 72.8 Å². The van der Waals surface area contributed by atoms with Gasteiger partial charge in [0.25, 0.3) is 0 Å². The Balaban J connectivity index is 1.39. The van der Waals surface area contributed by atoms with E-state index in [0.29, 0.717) is 29.5 Å². The van der Waals surface area contributed by atoms with Gasteiger partial charge in [-0.15, -0.1) is 0 Å². The molecule has 3 aromatic rings. The molecule has 0 aliphatic carbocycles. The highest BCUT2D eigenvalue weighted by molar-refractivity contribution is 5.91. The van der Waals surface area contributed by atoms with Crippen LogP contribution in [0.1, 0.15) is 35.7 Å². The number of anilines is 2. The number of carbonyl (C=O) groups excluding carboxylic acids is 2. The molecular formula is C28H30N2O6. The number of unbranched alkanes of at least 4 members (excludes halogenated alkanes) is 1. The van der Waals surface area contributed by atoms with Gasteiger partial charge in [0.05, 0.1) is 12.2 Å². The molecule has 0 saturated carbocycles. The van der Waals surface area contributed by atoms with Crippen molar-refractivity contribution in [3.05, 3.63) is 83.9 Å². The molecule has 4 N–H and O–H groups in total. The fraction of sp³-hybridized carbons (Fsp3) is 0.214. The summed E-state index contributed by atoms with van der Waals surface area (Å²) in [5.41, 5.74) is 13.2. The molecule has 0 unspecified atom stereocenters. The average Bonchev–Trinajstić information content (AvgIpc) is 2.86. The number of carbonyl (C=O) groups is 2. The molecule has 0 heterocycles. The zero-order chi connectivity index (χ0) is 25.8. The molecule has 8 nitrogen and oxygen atoms in total. The number of hydrogen-bond acceptors (Lipinski definition) is 8. The lowest BCUT2D eigenvalue weighted by atomic mass is 10.2. The molecule has 0 bridgehead atoms.